The number of hydrogen-bond donors (Lipinski definition) is 2. The van der Waals surface area contributed by atoms with E-state index in [1.54, 1.807) is 7.11 Å². The number of carbonyl (C=O) groups is 1. The van der Waals surface area contributed by atoms with E-state index < -0.39 is 11.0 Å². The third kappa shape index (κ3) is 3.31. The van der Waals surface area contributed by atoms with Gasteiger partial charge >= 0.3 is 0 Å². The predicted molar refractivity (Wildman–Crippen MR) is 81.6 cm³/mol. The quantitative estimate of drug-likeness (QED) is 0.870. The summed E-state index contributed by atoms with van der Waals surface area (Å²) in [4.78, 5) is 12.5. The highest BCUT2D eigenvalue weighted by Crippen LogP contribution is 2.30. The Morgan fingerprint density at radius 3 is 2.30 bits per heavy atom. The van der Waals surface area contributed by atoms with E-state index in [1.165, 1.54) is 0 Å². The second-order valence-electron chi connectivity index (χ2n) is 6.28. The molecule has 1 aromatic carbocycles. The van der Waals surface area contributed by atoms with E-state index in [4.69, 9.17) is 10.5 Å². The maximum absolute atomic E-state index is 12.5. The minimum Gasteiger partial charge on any atom is -0.496 e. The second-order valence-corrected chi connectivity index (χ2v) is 6.28. The molecule has 1 atom stereocenters. The van der Waals surface area contributed by atoms with Crippen LogP contribution in [-0.4, -0.2) is 18.6 Å². The van der Waals surface area contributed by atoms with Crippen LogP contribution in [-0.2, 0) is 4.79 Å². The summed E-state index contributed by atoms with van der Waals surface area (Å²) in [6.45, 7) is 9.38. The van der Waals surface area contributed by atoms with Crippen molar-refractivity contribution in [2.24, 2.45) is 11.1 Å². The molecule has 0 saturated heterocycles. The highest BCUT2D eigenvalue weighted by molar-refractivity contribution is 5.83. The van der Waals surface area contributed by atoms with Crippen molar-refractivity contribution >= 4 is 5.91 Å². The van der Waals surface area contributed by atoms with Crippen molar-refractivity contribution in [1.29, 1.82) is 0 Å². The Balaban J connectivity index is 2.91. The maximum atomic E-state index is 12.5. The van der Waals surface area contributed by atoms with Crippen molar-refractivity contribution in [2.45, 2.75) is 46.2 Å². The van der Waals surface area contributed by atoms with Gasteiger partial charge in [-0.05, 0) is 40.7 Å². The van der Waals surface area contributed by atoms with Crippen molar-refractivity contribution in [1.82, 2.24) is 5.32 Å². The topological polar surface area (TPSA) is 64.3 Å². The molecule has 0 aliphatic heterocycles. The van der Waals surface area contributed by atoms with Crippen LogP contribution in [0.1, 0.15) is 46.2 Å². The number of para-hydroxylation sites is 1. The predicted octanol–water partition coefficient (Wildman–Crippen LogP) is 2.64. The molecule has 4 heteroatoms. The van der Waals surface area contributed by atoms with Crippen molar-refractivity contribution in [3.05, 3.63) is 29.8 Å². The summed E-state index contributed by atoms with van der Waals surface area (Å²) in [6, 6.07) is 7.53. The lowest BCUT2D eigenvalue weighted by molar-refractivity contribution is -0.132. The lowest BCUT2D eigenvalue weighted by Crippen LogP contribution is -2.55. The molecule has 0 bridgehead atoms. The van der Waals surface area contributed by atoms with Crippen LogP contribution in [0.15, 0.2) is 24.3 Å². The first-order chi connectivity index (χ1) is 9.11. The molecule has 0 radical (unpaired) electrons. The Kier molecular flexibility index (Phi) is 4.81. The zero-order valence-corrected chi connectivity index (χ0v) is 13.3. The SMILES string of the molecule is COc1ccccc1C(C)NC(=O)C(C)(C)C(C)(C)N. The normalized spacial score (nSPS) is 13.8. The molecular formula is C16H26N2O2. The van der Waals surface area contributed by atoms with Gasteiger partial charge in [-0.15, -0.1) is 0 Å². The summed E-state index contributed by atoms with van der Waals surface area (Å²) < 4.78 is 5.32. The molecule has 0 heterocycles. The molecule has 0 spiro atoms. The number of amides is 1. The van der Waals surface area contributed by atoms with E-state index in [1.807, 2.05) is 58.9 Å². The van der Waals surface area contributed by atoms with Gasteiger partial charge in [0.2, 0.25) is 5.91 Å². The van der Waals surface area contributed by atoms with Gasteiger partial charge in [0.05, 0.1) is 18.6 Å². The number of nitrogens with one attached hydrogen (secondary N) is 1. The number of benzene rings is 1. The minimum atomic E-state index is -0.663. The van der Waals surface area contributed by atoms with Gasteiger partial charge in [0.25, 0.3) is 0 Å². The Bertz CT molecular complexity index is 476. The van der Waals surface area contributed by atoms with Crippen LogP contribution in [0.3, 0.4) is 0 Å². The Labute approximate surface area is 121 Å². The standard InChI is InChI=1S/C16H26N2O2/c1-11(12-9-7-8-10-13(12)20-6)18-14(19)15(2,3)16(4,5)17/h7-11H,17H2,1-6H3,(H,18,19). The Hall–Kier alpha value is -1.55. The highest BCUT2D eigenvalue weighted by Gasteiger charge is 2.40. The fourth-order valence-electron chi connectivity index (χ4n) is 1.77. The van der Waals surface area contributed by atoms with Crippen LogP contribution in [0.5, 0.6) is 5.75 Å². The number of hydrogen-bond acceptors (Lipinski definition) is 3. The summed E-state index contributed by atoms with van der Waals surface area (Å²) in [5.41, 5.74) is 5.79. The fraction of sp³-hybridized carbons (Fsp3) is 0.562. The summed E-state index contributed by atoms with van der Waals surface area (Å²) in [7, 11) is 1.63. The van der Waals surface area contributed by atoms with E-state index >= 15 is 0 Å². The van der Waals surface area contributed by atoms with Gasteiger partial charge in [-0.2, -0.15) is 0 Å². The Morgan fingerprint density at radius 1 is 1.25 bits per heavy atom. The Morgan fingerprint density at radius 2 is 1.80 bits per heavy atom. The molecule has 20 heavy (non-hydrogen) atoms. The van der Waals surface area contributed by atoms with E-state index in [-0.39, 0.29) is 11.9 Å². The molecule has 0 aliphatic carbocycles. The third-order valence-electron chi connectivity index (χ3n) is 4.13. The van der Waals surface area contributed by atoms with E-state index in [0.717, 1.165) is 11.3 Å². The van der Waals surface area contributed by atoms with Crippen molar-refractivity contribution in [2.75, 3.05) is 7.11 Å². The van der Waals surface area contributed by atoms with Gasteiger partial charge < -0.3 is 15.8 Å². The molecule has 0 saturated carbocycles. The van der Waals surface area contributed by atoms with E-state index in [0.29, 0.717) is 0 Å². The smallest absolute Gasteiger partial charge is 0.227 e. The number of carbonyl (C=O) groups excluding carboxylic acids is 1. The molecule has 3 N–H and O–H groups in total. The molecule has 1 amide bonds. The van der Waals surface area contributed by atoms with E-state index in [9.17, 15) is 4.79 Å². The third-order valence-corrected chi connectivity index (χ3v) is 4.13. The molecular weight excluding hydrogens is 252 g/mol. The summed E-state index contributed by atoms with van der Waals surface area (Å²) >= 11 is 0. The molecule has 1 aromatic rings. The summed E-state index contributed by atoms with van der Waals surface area (Å²) in [5, 5.41) is 3.02. The maximum Gasteiger partial charge on any atom is 0.227 e. The molecule has 0 fully saturated rings. The molecule has 112 valence electrons. The van der Waals surface area contributed by atoms with Crippen molar-refractivity contribution < 1.29 is 9.53 Å². The van der Waals surface area contributed by atoms with Gasteiger partial charge in [0.15, 0.2) is 0 Å². The van der Waals surface area contributed by atoms with Gasteiger partial charge in [-0.3, -0.25) is 4.79 Å². The molecule has 1 rings (SSSR count). The van der Waals surface area contributed by atoms with Crippen LogP contribution >= 0.6 is 0 Å². The van der Waals surface area contributed by atoms with Gasteiger partial charge in [0, 0.05) is 11.1 Å². The van der Waals surface area contributed by atoms with Gasteiger partial charge in [0.1, 0.15) is 5.75 Å². The zero-order valence-electron chi connectivity index (χ0n) is 13.3. The first-order valence-corrected chi connectivity index (χ1v) is 6.84. The number of methoxy groups -OCH3 is 1. The molecule has 4 nitrogen and oxygen atoms in total. The van der Waals surface area contributed by atoms with E-state index in [2.05, 4.69) is 5.32 Å². The van der Waals surface area contributed by atoms with Gasteiger partial charge in [-0.1, -0.05) is 18.2 Å². The number of rotatable bonds is 5. The van der Waals surface area contributed by atoms with Gasteiger partial charge in [-0.25, -0.2) is 0 Å². The largest absolute Gasteiger partial charge is 0.496 e. The minimum absolute atomic E-state index is 0.0663. The first kappa shape index (κ1) is 16.5. The van der Waals surface area contributed by atoms with Crippen LogP contribution in [0.25, 0.3) is 0 Å². The molecule has 0 aromatic heterocycles. The number of ether oxygens (including phenoxy) is 1. The van der Waals surface area contributed by atoms with Crippen LogP contribution in [0, 0.1) is 5.41 Å². The lowest BCUT2D eigenvalue weighted by atomic mass is 9.74. The zero-order chi connectivity index (χ0) is 15.6. The summed E-state index contributed by atoms with van der Waals surface area (Å²) in [5.74, 6) is 0.702. The van der Waals surface area contributed by atoms with Crippen molar-refractivity contribution in [3.8, 4) is 5.75 Å². The summed E-state index contributed by atoms with van der Waals surface area (Å²) in [6.07, 6.45) is 0. The average Bonchev–Trinajstić information content (AvgIpc) is 2.37. The van der Waals surface area contributed by atoms with Crippen LogP contribution in [0.4, 0.5) is 0 Å². The highest BCUT2D eigenvalue weighted by atomic mass is 16.5. The number of nitrogens with two attached hydrogens (primary N) is 1. The lowest BCUT2D eigenvalue weighted by Gasteiger charge is -2.37. The average molecular weight is 278 g/mol. The second kappa shape index (κ2) is 5.83. The fourth-order valence-corrected chi connectivity index (χ4v) is 1.77. The molecule has 1 unspecified atom stereocenters. The van der Waals surface area contributed by atoms with Crippen LogP contribution in [0.2, 0.25) is 0 Å². The molecule has 0 aliphatic rings. The monoisotopic (exact) mass is 278 g/mol. The first-order valence-electron chi connectivity index (χ1n) is 6.84. The van der Waals surface area contributed by atoms with Crippen LogP contribution < -0.4 is 15.8 Å². The van der Waals surface area contributed by atoms with Crippen molar-refractivity contribution in [3.63, 3.8) is 0 Å².